The van der Waals surface area contributed by atoms with Gasteiger partial charge in [0.05, 0.1) is 12.2 Å². The number of aromatic nitrogens is 1. The van der Waals surface area contributed by atoms with E-state index >= 15 is 0 Å². The van der Waals surface area contributed by atoms with Crippen molar-refractivity contribution in [3.8, 4) is 22.6 Å². The molecule has 0 unspecified atom stereocenters. The number of rotatable bonds is 3. The lowest BCUT2D eigenvalue weighted by Gasteiger charge is -2.01. The summed E-state index contributed by atoms with van der Waals surface area (Å²) in [7, 11) is 0. The largest absolute Gasteiger partial charge is 0.391 e. The van der Waals surface area contributed by atoms with Gasteiger partial charge >= 0.3 is 0 Å². The number of halogens is 2. The fourth-order valence-electron chi connectivity index (χ4n) is 2.12. The molecule has 0 aliphatic carbocycles. The number of aliphatic hydroxyl groups is 1. The van der Waals surface area contributed by atoms with Gasteiger partial charge in [-0.2, -0.15) is 0 Å². The molecule has 0 radical (unpaired) electrons. The van der Waals surface area contributed by atoms with Crippen LogP contribution in [0.25, 0.3) is 22.6 Å². The highest BCUT2D eigenvalue weighted by molar-refractivity contribution is 9.10. The predicted molar refractivity (Wildman–Crippen MR) is 81.0 cm³/mol. The minimum Gasteiger partial charge on any atom is -0.391 e. The molecule has 0 atom stereocenters. The summed E-state index contributed by atoms with van der Waals surface area (Å²) in [6.07, 6.45) is 0. The highest BCUT2D eigenvalue weighted by atomic mass is 79.9. The molecule has 1 N–H and O–H groups in total. The zero-order valence-electron chi connectivity index (χ0n) is 10.9. The second-order valence-electron chi connectivity index (χ2n) is 4.51. The Kier molecular flexibility index (Phi) is 3.86. The van der Waals surface area contributed by atoms with E-state index in [0.29, 0.717) is 22.6 Å². The number of hydrogen-bond donors (Lipinski definition) is 1. The van der Waals surface area contributed by atoms with E-state index in [-0.39, 0.29) is 12.4 Å². The standard InChI is InChI=1S/C16H11BrFNO2/c17-12-5-1-10(2-6-12)15-14(9-20)16(21-19-15)11-3-7-13(18)8-4-11/h1-8,20H,9H2. The van der Waals surface area contributed by atoms with Crippen molar-refractivity contribution in [1.29, 1.82) is 0 Å². The Balaban J connectivity index is 2.08. The molecule has 0 saturated heterocycles. The number of hydrogen-bond acceptors (Lipinski definition) is 3. The Morgan fingerprint density at radius 1 is 1.00 bits per heavy atom. The zero-order chi connectivity index (χ0) is 14.8. The highest BCUT2D eigenvalue weighted by Crippen LogP contribution is 2.32. The molecule has 5 heteroatoms. The van der Waals surface area contributed by atoms with Crippen molar-refractivity contribution >= 4 is 15.9 Å². The lowest BCUT2D eigenvalue weighted by molar-refractivity contribution is 0.281. The summed E-state index contributed by atoms with van der Waals surface area (Å²) in [5.41, 5.74) is 2.70. The fourth-order valence-corrected chi connectivity index (χ4v) is 2.38. The summed E-state index contributed by atoms with van der Waals surface area (Å²) >= 11 is 3.37. The molecule has 0 fully saturated rings. The van der Waals surface area contributed by atoms with Crippen molar-refractivity contribution in [3.63, 3.8) is 0 Å². The Morgan fingerprint density at radius 2 is 1.62 bits per heavy atom. The molecular formula is C16H11BrFNO2. The summed E-state index contributed by atoms with van der Waals surface area (Å²) in [5, 5.41) is 13.7. The monoisotopic (exact) mass is 347 g/mol. The normalized spacial score (nSPS) is 10.8. The number of benzene rings is 2. The van der Waals surface area contributed by atoms with Crippen molar-refractivity contribution in [2.45, 2.75) is 6.61 Å². The van der Waals surface area contributed by atoms with Crippen LogP contribution in [0.4, 0.5) is 4.39 Å². The average molecular weight is 348 g/mol. The van der Waals surface area contributed by atoms with E-state index in [9.17, 15) is 9.50 Å². The van der Waals surface area contributed by atoms with Gasteiger partial charge in [0.15, 0.2) is 5.76 Å². The molecule has 3 aromatic rings. The Labute approximate surface area is 129 Å². The van der Waals surface area contributed by atoms with Gasteiger partial charge in [-0.05, 0) is 36.4 Å². The molecular weight excluding hydrogens is 337 g/mol. The molecule has 3 nitrogen and oxygen atoms in total. The number of nitrogens with zero attached hydrogens (tertiary/aromatic N) is 1. The Hall–Kier alpha value is -1.98. The van der Waals surface area contributed by atoms with Crippen LogP contribution in [-0.2, 0) is 6.61 Å². The number of aliphatic hydroxyl groups excluding tert-OH is 1. The van der Waals surface area contributed by atoms with Gasteiger partial charge in [0.2, 0.25) is 0 Å². The van der Waals surface area contributed by atoms with Gasteiger partial charge in [0, 0.05) is 15.6 Å². The van der Waals surface area contributed by atoms with Crippen molar-refractivity contribution < 1.29 is 14.0 Å². The van der Waals surface area contributed by atoms with E-state index < -0.39 is 0 Å². The predicted octanol–water partition coefficient (Wildman–Crippen LogP) is 4.40. The van der Waals surface area contributed by atoms with Crippen molar-refractivity contribution in [1.82, 2.24) is 5.16 Å². The summed E-state index contributed by atoms with van der Waals surface area (Å²) < 4.78 is 19.3. The minimum atomic E-state index is -0.322. The van der Waals surface area contributed by atoms with E-state index in [1.165, 1.54) is 12.1 Å². The third-order valence-corrected chi connectivity index (χ3v) is 3.70. The van der Waals surface area contributed by atoms with Crippen LogP contribution >= 0.6 is 15.9 Å². The minimum absolute atomic E-state index is 0.207. The summed E-state index contributed by atoms with van der Waals surface area (Å²) in [5.74, 6) is 0.132. The second-order valence-corrected chi connectivity index (χ2v) is 5.43. The van der Waals surface area contributed by atoms with Crippen molar-refractivity contribution in [2.75, 3.05) is 0 Å². The quantitative estimate of drug-likeness (QED) is 0.763. The smallest absolute Gasteiger partial charge is 0.173 e. The highest BCUT2D eigenvalue weighted by Gasteiger charge is 2.18. The van der Waals surface area contributed by atoms with E-state index in [1.54, 1.807) is 12.1 Å². The van der Waals surface area contributed by atoms with Gasteiger partial charge in [0.25, 0.3) is 0 Å². The first kappa shape index (κ1) is 14.0. The first-order valence-corrected chi connectivity index (χ1v) is 7.09. The molecule has 1 heterocycles. The molecule has 106 valence electrons. The maximum absolute atomic E-state index is 13.0. The van der Waals surface area contributed by atoms with Crippen LogP contribution in [0, 0.1) is 5.82 Å². The lowest BCUT2D eigenvalue weighted by Crippen LogP contribution is -1.89. The summed E-state index contributed by atoms with van der Waals surface area (Å²) in [6.45, 7) is -0.207. The maximum Gasteiger partial charge on any atom is 0.173 e. The first-order chi connectivity index (χ1) is 10.2. The zero-order valence-corrected chi connectivity index (χ0v) is 12.5. The molecule has 0 aliphatic heterocycles. The Bertz CT molecular complexity index is 688. The van der Waals surface area contributed by atoms with Gasteiger partial charge in [-0.25, -0.2) is 4.39 Å². The van der Waals surface area contributed by atoms with Crippen LogP contribution in [0.3, 0.4) is 0 Å². The molecule has 2 aromatic carbocycles. The van der Waals surface area contributed by atoms with Crippen LogP contribution < -0.4 is 0 Å². The van der Waals surface area contributed by atoms with Gasteiger partial charge in [0.1, 0.15) is 11.5 Å². The van der Waals surface area contributed by atoms with E-state index in [1.807, 2.05) is 24.3 Å². The third-order valence-electron chi connectivity index (χ3n) is 3.17. The fraction of sp³-hybridized carbons (Fsp3) is 0.0625. The van der Waals surface area contributed by atoms with Crippen LogP contribution in [0.2, 0.25) is 0 Å². The SMILES string of the molecule is OCc1c(-c2ccc(Br)cc2)noc1-c1ccc(F)cc1. The maximum atomic E-state index is 13.0. The van der Waals surface area contributed by atoms with Crippen LogP contribution in [-0.4, -0.2) is 10.3 Å². The first-order valence-electron chi connectivity index (χ1n) is 6.30. The van der Waals surface area contributed by atoms with Crippen LogP contribution in [0.1, 0.15) is 5.56 Å². The molecule has 0 aliphatic rings. The third kappa shape index (κ3) is 2.75. The molecule has 0 bridgehead atoms. The van der Waals surface area contributed by atoms with Crippen LogP contribution in [0.5, 0.6) is 0 Å². The molecule has 3 rings (SSSR count). The molecule has 0 spiro atoms. The van der Waals surface area contributed by atoms with Crippen LogP contribution in [0.15, 0.2) is 57.5 Å². The topological polar surface area (TPSA) is 46.3 Å². The molecule has 21 heavy (non-hydrogen) atoms. The molecule has 0 saturated carbocycles. The van der Waals surface area contributed by atoms with Crippen molar-refractivity contribution in [3.05, 3.63) is 64.4 Å². The lowest BCUT2D eigenvalue weighted by atomic mass is 10.0. The summed E-state index contributed by atoms with van der Waals surface area (Å²) in [4.78, 5) is 0. The van der Waals surface area contributed by atoms with Gasteiger partial charge in [-0.3, -0.25) is 0 Å². The van der Waals surface area contributed by atoms with Crippen molar-refractivity contribution in [2.24, 2.45) is 0 Å². The van der Waals surface area contributed by atoms with Gasteiger partial charge in [-0.15, -0.1) is 0 Å². The molecule has 0 amide bonds. The van der Waals surface area contributed by atoms with E-state index in [4.69, 9.17) is 4.52 Å². The van der Waals surface area contributed by atoms with Gasteiger partial charge < -0.3 is 9.63 Å². The van der Waals surface area contributed by atoms with E-state index in [2.05, 4.69) is 21.1 Å². The summed E-state index contributed by atoms with van der Waals surface area (Å²) in [6, 6.07) is 13.4. The Morgan fingerprint density at radius 3 is 2.24 bits per heavy atom. The second kappa shape index (κ2) is 5.79. The van der Waals surface area contributed by atoms with E-state index in [0.717, 1.165) is 10.0 Å². The molecule has 1 aromatic heterocycles. The van der Waals surface area contributed by atoms with Gasteiger partial charge in [-0.1, -0.05) is 33.2 Å². The average Bonchev–Trinajstić information content (AvgIpc) is 2.92.